The topological polar surface area (TPSA) is 68.6 Å². The van der Waals surface area contributed by atoms with Crippen molar-refractivity contribution in [1.29, 1.82) is 0 Å². The fourth-order valence-electron chi connectivity index (χ4n) is 3.54. The van der Waals surface area contributed by atoms with Crippen LogP contribution in [0, 0.1) is 0 Å². The van der Waals surface area contributed by atoms with Gasteiger partial charge in [0.1, 0.15) is 6.61 Å². The van der Waals surface area contributed by atoms with Crippen LogP contribution < -0.4 is 14.8 Å². The Morgan fingerprint density at radius 1 is 1.09 bits per heavy atom. The molecular formula is C25H32N4O3. The number of hydrogen-bond donors (Lipinski definition) is 1. The summed E-state index contributed by atoms with van der Waals surface area (Å²) in [5.41, 5.74) is 1.81. The first-order valence-corrected chi connectivity index (χ1v) is 11.0. The molecule has 7 nitrogen and oxygen atoms in total. The molecule has 1 aromatic heterocycles. The van der Waals surface area contributed by atoms with Gasteiger partial charge in [-0.05, 0) is 42.4 Å². The van der Waals surface area contributed by atoms with Crippen molar-refractivity contribution in [3.05, 3.63) is 78.1 Å². The number of nitrogens with zero attached hydrogens (tertiary/aromatic N) is 3. The zero-order chi connectivity index (χ0) is 22.8. The first-order valence-electron chi connectivity index (χ1n) is 11.0. The minimum absolute atomic E-state index is 0.126. The Morgan fingerprint density at radius 3 is 2.53 bits per heavy atom. The van der Waals surface area contributed by atoms with Crippen molar-refractivity contribution in [2.24, 2.45) is 0 Å². The van der Waals surface area contributed by atoms with Gasteiger partial charge < -0.3 is 19.7 Å². The molecule has 3 rings (SSSR count). The molecule has 0 aliphatic carbocycles. The second-order valence-electron chi connectivity index (χ2n) is 7.38. The summed E-state index contributed by atoms with van der Waals surface area (Å²) in [7, 11) is 1.62. The van der Waals surface area contributed by atoms with Gasteiger partial charge in [0.05, 0.1) is 7.11 Å². The van der Waals surface area contributed by atoms with E-state index in [4.69, 9.17) is 9.47 Å². The Labute approximate surface area is 190 Å². The molecule has 1 heterocycles. The van der Waals surface area contributed by atoms with Crippen LogP contribution in [-0.2, 0) is 11.3 Å². The second-order valence-corrected chi connectivity index (χ2v) is 7.38. The predicted octanol–water partition coefficient (Wildman–Crippen LogP) is 3.52. The van der Waals surface area contributed by atoms with Crippen molar-refractivity contribution < 1.29 is 14.3 Å². The minimum Gasteiger partial charge on any atom is -0.493 e. The monoisotopic (exact) mass is 436 g/mol. The Balaban J connectivity index is 1.64. The van der Waals surface area contributed by atoms with Gasteiger partial charge in [-0.1, -0.05) is 50.2 Å². The van der Waals surface area contributed by atoms with Gasteiger partial charge in [-0.3, -0.25) is 9.48 Å². The van der Waals surface area contributed by atoms with E-state index in [2.05, 4.69) is 29.2 Å². The van der Waals surface area contributed by atoms with E-state index in [1.807, 2.05) is 54.6 Å². The first-order chi connectivity index (χ1) is 15.7. The van der Waals surface area contributed by atoms with Gasteiger partial charge in [0, 0.05) is 25.5 Å². The number of likely N-dealkylation sites (N-methyl/N-ethyl adjacent to an activating group) is 1. The van der Waals surface area contributed by atoms with E-state index in [0.717, 1.165) is 30.8 Å². The van der Waals surface area contributed by atoms with E-state index in [1.54, 1.807) is 24.2 Å². The molecule has 0 saturated carbocycles. The highest BCUT2D eigenvalue weighted by Gasteiger charge is 2.22. The molecule has 0 saturated heterocycles. The molecule has 0 radical (unpaired) electrons. The molecule has 0 spiro atoms. The van der Waals surface area contributed by atoms with Crippen LogP contribution in [0.5, 0.6) is 11.5 Å². The quantitative estimate of drug-likeness (QED) is 0.471. The molecule has 1 unspecified atom stereocenters. The van der Waals surface area contributed by atoms with Crippen LogP contribution in [0.1, 0.15) is 31.0 Å². The lowest BCUT2D eigenvalue weighted by molar-refractivity contribution is -0.123. The van der Waals surface area contributed by atoms with E-state index >= 15 is 0 Å². The van der Waals surface area contributed by atoms with E-state index in [-0.39, 0.29) is 5.91 Å². The molecule has 0 aliphatic rings. The lowest BCUT2D eigenvalue weighted by atomic mass is 10.1. The van der Waals surface area contributed by atoms with Crippen molar-refractivity contribution in [2.75, 3.05) is 33.4 Å². The van der Waals surface area contributed by atoms with Gasteiger partial charge >= 0.3 is 0 Å². The van der Waals surface area contributed by atoms with Crippen LogP contribution >= 0.6 is 0 Å². The standard InChI is InChI=1S/C25H32N4O3/c1-4-28(5-2)16-17-32-22-13-12-20(18-23(22)31-3)19-26-25(30)24(29-15-9-14-27-29)21-10-7-6-8-11-21/h6-15,18,24H,4-5,16-17,19H2,1-3H3,(H,26,30). The minimum atomic E-state index is -0.532. The number of hydrogen-bond acceptors (Lipinski definition) is 5. The number of rotatable bonds is 12. The maximum absolute atomic E-state index is 13.1. The summed E-state index contributed by atoms with van der Waals surface area (Å²) in [5, 5.41) is 7.30. The highest BCUT2D eigenvalue weighted by atomic mass is 16.5. The van der Waals surface area contributed by atoms with Gasteiger partial charge in [-0.2, -0.15) is 5.10 Å². The fourth-order valence-corrected chi connectivity index (χ4v) is 3.54. The lowest BCUT2D eigenvalue weighted by Crippen LogP contribution is -2.33. The Bertz CT molecular complexity index is 957. The first kappa shape index (κ1) is 23.3. The van der Waals surface area contributed by atoms with Crippen LogP contribution in [0.15, 0.2) is 67.0 Å². The Kier molecular flexibility index (Phi) is 8.69. The third-order valence-electron chi connectivity index (χ3n) is 5.41. The van der Waals surface area contributed by atoms with E-state index in [1.165, 1.54) is 0 Å². The summed E-state index contributed by atoms with van der Waals surface area (Å²) in [5.74, 6) is 1.23. The van der Waals surface area contributed by atoms with Crippen LogP contribution in [0.2, 0.25) is 0 Å². The molecule has 1 atom stereocenters. The number of aromatic nitrogens is 2. The number of methoxy groups -OCH3 is 1. The zero-order valence-electron chi connectivity index (χ0n) is 19.0. The molecule has 3 aromatic rings. The van der Waals surface area contributed by atoms with Crippen molar-refractivity contribution in [2.45, 2.75) is 26.4 Å². The molecule has 2 aromatic carbocycles. The summed E-state index contributed by atoms with van der Waals surface area (Å²) in [6.45, 7) is 8.11. The number of ether oxygens (including phenoxy) is 2. The van der Waals surface area contributed by atoms with E-state index < -0.39 is 6.04 Å². The predicted molar refractivity (Wildman–Crippen MR) is 125 cm³/mol. The maximum atomic E-state index is 13.1. The van der Waals surface area contributed by atoms with Crippen molar-refractivity contribution in [3.63, 3.8) is 0 Å². The summed E-state index contributed by atoms with van der Waals surface area (Å²) < 4.78 is 13.1. The molecule has 1 N–H and O–H groups in total. The number of amides is 1. The van der Waals surface area contributed by atoms with Gasteiger partial charge in [-0.25, -0.2) is 0 Å². The Morgan fingerprint density at radius 2 is 1.88 bits per heavy atom. The van der Waals surface area contributed by atoms with Gasteiger partial charge in [0.25, 0.3) is 0 Å². The van der Waals surface area contributed by atoms with Crippen LogP contribution in [0.4, 0.5) is 0 Å². The third kappa shape index (κ3) is 6.11. The normalized spacial score (nSPS) is 11.9. The van der Waals surface area contributed by atoms with E-state index in [0.29, 0.717) is 24.7 Å². The molecule has 170 valence electrons. The summed E-state index contributed by atoms with van der Waals surface area (Å²) in [6.07, 6.45) is 3.47. The van der Waals surface area contributed by atoms with Crippen molar-refractivity contribution in [1.82, 2.24) is 20.0 Å². The molecular weight excluding hydrogens is 404 g/mol. The van der Waals surface area contributed by atoms with Crippen LogP contribution in [-0.4, -0.2) is 53.9 Å². The lowest BCUT2D eigenvalue weighted by Gasteiger charge is -2.19. The second kappa shape index (κ2) is 11.9. The largest absolute Gasteiger partial charge is 0.493 e. The average molecular weight is 437 g/mol. The average Bonchev–Trinajstić information content (AvgIpc) is 3.36. The number of carbonyl (C=O) groups excluding carboxylic acids is 1. The fraction of sp³-hybridized carbons (Fsp3) is 0.360. The number of nitrogens with one attached hydrogen (secondary N) is 1. The molecule has 1 amide bonds. The highest BCUT2D eigenvalue weighted by Crippen LogP contribution is 2.28. The molecule has 0 fully saturated rings. The summed E-state index contributed by atoms with van der Waals surface area (Å²) in [4.78, 5) is 15.4. The van der Waals surface area contributed by atoms with Crippen molar-refractivity contribution >= 4 is 5.91 Å². The van der Waals surface area contributed by atoms with Gasteiger partial charge in [0.2, 0.25) is 5.91 Å². The number of benzene rings is 2. The molecule has 7 heteroatoms. The molecule has 0 aliphatic heterocycles. The summed E-state index contributed by atoms with van der Waals surface area (Å²) in [6, 6.07) is 16.7. The SMILES string of the molecule is CCN(CC)CCOc1ccc(CNC(=O)C(c2ccccc2)n2cccn2)cc1OC. The third-order valence-corrected chi connectivity index (χ3v) is 5.41. The molecule has 0 bridgehead atoms. The highest BCUT2D eigenvalue weighted by molar-refractivity contribution is 5.83. The van der Waals surface area contributed by atoms with Gasteiger partial charge in [0.15, 0.2) is 17.5 Å². The zero-order valence-corrected chi connectivity index (χ0v) is 19.0. The van der Waals surface area contributed by atoms with Crippen LogP contribution in [0.25, 0.3) is 0 Å². The number of carbonyl (C=O) groups is 1. The summed E-state index contributed by atoms with van der Waals surface area (Å²) >= 11 is 0. The van der Waals surface area contributed by atoms with Crippen LogP contribution in [0.3, 0.4) is 0 Å². The smallest absolute Gasteiger partial charge is 0.249 e. The van der Waals surface area contributed by atoms with Crippen molar-refractivity contribution in [3.8, 4) is 11.5 Å². The Hall–Kier alpha value is -3.32. The van der Waals surface area contributed by atoms with Gasteiger partial charge in [-0.15, -0.1) is 0 Å². The maximum Gasteiger partial charge on any atom is 0.249 e. The van der Waals surface area contributed by atoms with E-state index in [9.17, 15) is 4.79 Å². The molecule has 32 heavy (non-hydrogen) atoms.